The second-order valence-electron chi connectivity index (χ2n) is 13.4. The first-order chi connectivity index (χ1) is 24.3. The van der Waals surface area contributed by atoms with E-state index in [0.29, 0.717) is 5.56 Å². The van der Waals surface area contributed by atoms with Gasteiger partial charge in [0.1, 0.15) is 5.58 Å². The third kappa shape index (κ3) is 6.81. The van der Waals surface area contributed by atoms with Crippen molar-refractivity contribution in [2.45, 2.75) is 44.9 Å². The molecule has 8 aromatic rings. The number of imidazole rings is 1. The molecule has 49 heavy (non-hydrogen) atoms. The Morgan fingerprint density at radius 3 is 2.24 bits per heavy atom. The molecule has 8 rings (SSSR count). The molecular formula is C43H39GeIrN3O-2. The van der Waals surface area contributed by atoms with Gasteiger partial charge in [0.2, 0.25) is 0 Å². The average Bonchev–Trinajstić information content (AvgIpc) is 3.66. The van der Waals surface area contributed by atoms with Gasteiger partial charge in [0.15, 0.2) is 0 Å². The maximum Gasteiger partial charge on any atom is 0 e. The zero-order valence-corrected chi connectivity index (χ0v) is 33.0. The summed E-state index contributed by atoms with van der Waals surface area (Å²) in [5.74, 6) is 7.83. The predicted octanol–water partition coefficient (Wildman–Crippen LogP) is 10.7. The number of hydrogen-bond acceptors (Lipinski definition) is 3. The Morgan fingerprint density at radius 1 is 0.796 bits per heavy atom. The number of furan rings is 1. The van der Waals surface area contributed by atoms with E-state index in [-0.39, 0.29) is 20.1 Å². The quantitative estimate of drug-likeness (QED) is 0.131. The van der Waals surface area contributed by atoms with Gasteiger partial charge >= 0.3 is 110 Å². The van der Waals surface area contributed by atoms with Crippen LogP contribution in [0.5, 0.6) is 0 Å². The SMILES string of the molecule is Cc1cc(C)c(-n2c(-c3[c-]ccc4c3oc3ccccc34)nc3ccccc32)c(C)c1.[2H]C([2H])([2H])c1c[c-]c(-c2cc[c]([Ge]([CH3])([CH3])[CH3])cn2)cc1.[Ir]. The van der Waals surface area contributed by atoms with Crippen LogP contribution in [0, 0.1) is 39.8 Å². The van der Waals surface area contributed by atoms with Crippen LogP contribution in [-0.4, -0.2) is 27.8 Å². The van der Waals surface area contributed by atoms with Crippen molar-refractivity contribution in [3.63, 3.8) is 0 Å². The summed E-state index contributed by atoms with van der Waals surface area (Å²) in [6.07, 6.45) is 1.95. The molecule has 247 valence electrons. The van der Waals surface area contributed by atoms with Crippen LogP contribution in [-0.2, 0) is 20.1 Å². The Balaban J connectivity index is 0.000000193. The predicted molar refractivity (Wildman–Crippen MR) is 203 cm³/mol. The van der Waals surface area contributed by atoms with Gasteiger partial charge in [-0.2, -0.15) is 0 Å². The molecule has 1 radical (unpaired) electrons. The maximum absolute atomic E-state index is 7.35. The van der Waals surface area contributed by atoms with Crippen LogP contribution < -0.4 is 4.40 Å². The van der Waals surface area contributed by atoms with Gasteiger partial charge in [-0.3, -0.25) is 4.98 Å². The van der Waals surface area contributed by atoms with Crippen molar-refractivity contribution >= 4 is 50.6 Å². The summed E-state index contributed by atoms with van der Waals surface area (Å²) in [4.78, 5) is 9.54. The Bertz CT molecular complexity index is 2450. The number of aryl methyl sites for hydroxylation is 4. The molecule has 0 atom stereocenters. The van der Waals surface area contributed by atoms with E-state index in [0.717, 1.165) is 61.3 Å². The van der Waals surface area contributed by atoms with Crippen molar-refractivity contribution in [3.8, 4) is 28.3 Å². The van der Waals surface area contributed by atoms with Crippen molar-refractivity contribution < 1.29 is 28.6 Å². The molecule has 0 aliphatic rings. The number of aromatic nitrogens is 3. The fourth-order valence-corrected chi connectivity index (χ4v) is 8.55. The van der Waals surface area contributed by atoms with Crippen molar-refractivity contribution in [1.29, 1.82) is 0 Å². The molecule has 3 heterocycles. The molecule has 0 bridgehead atoms. The molecule has 4 nitrogen and oxygen atoms in total. The normalized spacial score (nSPS) is 12.6. The van der Waals surface area contributed by atoms with Crippen LogP contribution >= 0.6 is 0 Å². The number of benzene rings is 5. The third-order valence-electron chi connectivity index (χ3n) is 8.70. The number of rotatable bonds is 4. The number of hydrogen-bond donors (Lipinski definition) is 0. The van der Waals surface area contributed by atoms with Crippen molar-refractivity contribution in [1.82, 2.24) is 14.5 Å². The Hall–Kier alpha value is -4.29. The zero-order chi connectivity index (χ0) is 36.1. The molecular weight excluding hydrogens is 839 g/mol. The Labute approximate surface area is 309 Å². The van der Waals surface area contributed by atoms with Gasteiger partial charge in [-0.25, -0.2) is 0 Å². The van der Waals surface area contributed by atoms with Crippen molar-refractivity contribution in [2.24, 2.45) is 0 Å². The number of fused-ring (bicyclic) bond motifs is 4. The van der Waals surface area contributed by atoms with E-state index in [2.05, 4.69) is 108 Å². The van der Waals surface area contributed by atoms with Gasteiger partial charge in [-0.05, 0) is 50.1 Å². The molecule has 0 N–H and O–H groups in total. The fraction of sp³-hybridized carbons (Fsp3) is 0.163. The van der Waals surface area contributed by atoms with Crippen LogP contribution in [0.3, 0.4) is 0 Å². The fourth-order valence-electron chi connectivity index (χ4n) is 6.38. The summed E-state index contributed by atoms with van der Waals surface area (Å²) in [6.45, 7) is 4.39. The second kappa shape index (κ2) is 13.9. The Kier molecular flexibility index (Phi) is 8.73. The van der Waals surface area contributed by atoms with Gasteiger partial charge in [-0.1, -0.05) is 59.0 Å². The van der Waals surface area contributed by atoms with Crippen LogP contribution in [0.4, 0.5) is 0 Å². The van der Waals surface area contributed by atoms with Gasteiger partial charge < -0.3 is 8.98 Å². The van der Waals surface area contributed by atoms with E-state index in [4.69, 9.17) is 13.5 Å². The molecule has 0 saturated carbocycles. The van der Waals surface area contributed by atoms with Gasteiger partial charge in [-0.15, -0.1) is 18.2 Å². The largest absolute Gasteiger partial charge is 0 e. The summed E-state index contributed by atoms with van der Waals surface area (Å²) in [6, 6.07) is 40.4. The molecule has 5 aromatic carbocycles. The first-order valence-electron chi connectivity index (χ1n) is 17.7. The molecule has 0 aliphatic heterocycles. The standard InChI is InChI=1S/C28H21N2O.C15H18GeN.Ir/c1-17-15-18(2)26(19(3)16-17)30-24-13-6-5-12-23(24)29-28(30)22-11-8-10-21-20-9-4-7-14-25(20)31-27(21)22;1-12-5-7-13(8-6-12)15-10-9-14(11-17-15)16(2,3)4;/h4-10,12-16H,1-3H3;5-7,9-11H,1-4H3;/q2*-1;/i;1D3;. The van der Waals surface area contributed by atoms with E-state index in [1.54, 1.807) is 12.1 Å². The van der Waals surface area contributed by atoms with E-state index >= 15 is 0 Å². The van der Waals surface area contributed by atoms with Crippen LogP contribution in [0.15, 0.2) is 114 Å². The van der Waals surface area contributed by atoms with Crippen LogP contribution in [0.1, 0.15) is 26.4 Å². The topological polar surface area (TPSA) is 43.9 Å². The average molecular weight is 882 g/mol. The minimum absolute atomic E-state index is 0. The smallest absolute Gasteiger partial charge is 0 e. The maximum atomic E-state index is 7.35. The minimum Gasteiger partial charge on any atom is 0 e. The monoisotopic (exact) mass is 883 g/mol. The van der Waals surface area contributed by atoms with Crippen LogP contribution in [0.25, 0.3) is 61.3 Å². The summed E-state index contributed by atoms with van der Waals surface area (Å²) in [5, 5.41) is 2.19. The molecule has 6 heteroatoms. The molecule has 0 saturated heterocycles. The van der Waals surface area contributed by atoms with E-state index in [9.17, 15) is 0 Å². The molecule has 3 aromatic heterocycles. The van der Waals surface area contributed by atoms with E-state index in [1.165, 1.54) is 27.2 Å². The summed E-state index contributed by atoms with van der Waals surface area (Å²) in [7, 11) is 0. The van der Waals surface area contributed by atoms with Gasteiger partial charge in [0, 0.05) is 31.2 Å². The van der Waals surface area contributed by atoms with Gasteiger partial charge in [0.05, 0.1) is 22.4 Å². The molecule has 0 unspecified atom stereocenters. The van der Waals surface area contributed by atoms with Crippen molar-refractivity contribution in [2.75, 3.05) is 0 Å². The van der Waals surface area contributed by atoms with Crippen molar-refractivity contribution in [3.05, 3.63) is 144 Å². The first-order valence-corrected chi connectivity index (χ1v) is 23.5. The first kappa shape index (κ1) is 30.7. The molecule has 0 amide bonds. The summed E-state index contributed by atoms with van der Waals surface area (Å²) < 4.78 is 32.0. The van der Waals surface area contributed by atoms with E-state index in [1.807, 2.05) is 42.6 Å². The minimum atomic E-state index is -2.08. The van der Waals surface area contributed by atoms with Crippen LogP contribution in [0.2, 0.25) is 17.3 Å². The summed E-state index contributed by atoms with van der Waals surface area (Å²) >= 11 is -1.83. The van der Waals surface area contributed by atoms with Gasteiger partial charge in [0.25, 0.3) is 0 Å². The third-order valence-corrected chi connectivity index (χ3v) is 13.0. The molecule has 0 aliphatic carbocycles. The number of para-hydroxylation sites is 3. The zero-order valence-electron chi connectivity index (χ0n) is 31.5. The molecule has 0 fully saturated rings. The Morgan fingerprint density at radius 2 is 1.55 bits per heavy atom. The molecule has 0 spiro atoms. The summed E-state index contributed by atoms with van der Waals surface area (Å²) in [5.41, 5.74) is 11.4. The second-order valence-corrected chi connectivity index (χ2v) is 24.0. The van der Waals surface area contributed by atoms with E-state index < -0.39 is 20.1 Å². The number of nitrogens with zero attached hydrogens (tertiary/aromatic N) is 3. The number of pyridine rings is 1.